The lowest BCUT2D eigenvalue weighted by atomic mass is 9.66. The number of carbonyl (C=O) groups excluding carboxylic acids is 1. The molecule has 0 bridgehead atoms. The van der Waals surface area contributed by atoms with Gasteiger partial charge in [-0.25, -0.2) is 15.0 Å². The molecule has 0 N–H and O–H groups in total. The summed E-state index contributed by atoms with van der Waals surface area (Å²) in [6.45, 7) is 7.77. The van der Waals surface area contributed by atoms with Crippen LogP contribution in [0.3, 0.4) is 0 Å². The lowest BCUT2D eigenvalue weighted by Crippen LogP contribution is -2.59. The van der Waals surface area contributed by atoms with Crippen molar-refractivity contribution in [3.63, 3.8) is 0 Å². The topological polar surface area (TPSA) is 113 Å². The van der Waals surface area contributed by atoms with Crippen molar-refractivity contribution in [1.82, 2.24) is 19.9 Å². The molecular weight excluding hydrogens is 428 g/mol. The minimum Gasteiger partial charge on any atom is -0.350 e. The Morgan fingerprint density at radius 1 is 1.15 bits per heavy atom. The monoisotopic (exact) mass is 456 g/mol. The van der Waals surface area contributed by atoms with Crippen LogP contribution in [0.15, 0.2) is 24.7 Å². The molecule has 0 aromatic carbocycles. The Morgan fingerprint density at radius 2 is 1.91 bits per heavy atom. The van der Waals surface area contributed by atoms with Gasteiger partial charge in [0.15, 0.2) is 0 Å². The van der Waals surface area contributed by atoms with Crippen molar-refractivity contribution in [3.8, 4) is 12.1 Å². The van der Waals surface area contributed by atoms with E-state index in [2.05, 4.69) is 33.8 Å². The number of pyridine rings is 1. The van der Waals surface area contributed by atoms with Crippen LogP contribution in [0.4, 0.5) is 17.5 Å². The Bertz CT molecular complexity index is 1210. The van der Waals surface area contributed by atoms with E-state index < -0.39 is 5.92 Å². The molecule has 2 fully saturated rings. The Morgan fingerprint density at radius 3 is 2.59 bits per heavy atom. The summed E-state index contributed by atoms with van der Waals surface area (Å²) in [6, 6.07) is 7.82. The molecule has 0 radical (unpaired) electrons. The van der Waals surface area contributed by atoms with E-state index in [0.29, 0.717) is 18.7 Å². The lowest BCUT2D eigenvalue weighted by molar-refractivity contribution is -0.136. The molecule has 3 atom stereocenters. The van der Waals surface area contributed by atoms with Gasteiger partial charge in [-0.2, -0.15) is 10.5 Å². The van der Waals surface area contributed by atoms with Gasteiger partial charge < -0.3 is 14.7 Å². The summed E-state index contributed by atoms with van der Waals surface area (Å²) in [6.07, 6.45) is 6.57. The number of anilines is 3. The molecule has 2 aromatic heterocycles. The van der Waals surface area contributed by atoms with Gasteiger partial charge in [-0.1, -0.05) is 6.42 Å². The van der Waals surface area contributed by atoms with Crippen LogP contribution >= 0.6 is 0 Å². The molecule has 1 saturated carbocycles. The normalized spacial score (nSPS) is 23.6. The van der Waals surface area contributed by atoms with E-state index in [-0.39, 0.29) is 23.4 Å². The fraction of sp³-hybridized carbons (Fsp3) is 0.520. The van der Waals surface area contributed by atoms with E-state index in [1.165, 1.54) is 0 Å². The summed E-state index contributed by atoms with van der Waals surface area (Å²) < 4.78 is 0. The summed E-state index contributed by atoms with van der Waals surface area (Å²) in [7, 11) is 0. The smallest absolute Gasteiger partial charge is 0.240 e. The van der Waals surface area contributed by atoms with Crippen molar-refractivity contribution in [2.75, 3.05) is 29.4 Å². The fourth-order valence-electron chi connectivity index (χ4n) is 5.59. The third-order valence-corrected chi connectivity index (χ3v) is 7.62. The number of carbonyl (C=O) groups is 1. The molecule has 174 valence electrons. The number of nitriles is 2. The van der Waals surface area contributed by atoms with Crippen molar-refractivity contribution in [2.24, 2.45) is 5.92 Å². The molecule has 1 unspecified atom stereocenters. The molecule has 1 saturated heterocycles. The summed E-state index contributed by atoms with van der Waals surface area (Å²) in [5.41, 5.74) is 1.71. The average Bonchev–Trinajstić information content (AvgIpc) is 3.21. The van der Waals surface area contributed by atoms with Gasteiger partial charge in [-0.15, -0.1) is 0 Å². The van der Waals surface area contributed by atoms with Crippen molar-refractivity contribution >= 4 is 23.4 Å². The molecule has 9 nitrogen and oxygen atoms in total. The van der Waals surface area contributed by atoms with Crippen molar-refractivity contribution in [2.45, 2.75) is 57.5 Å². The van der Waals surface area contributed by atoms with Gasteiger partial charge in [0.05, 0.1) is 17.7 Å². The summed E-state index contributed by atoms with van der Waals surface area (Å²) in [5, 5.41) is 18.6. The minimum atomic E-state index is -0.645. The number of amides is 1. The van der Waals surface area contributed by atoms with Crippen LogP contribution in [0.1, 0.15) is 51.2 Å². The maximum Gasteiger partial charge on any atom is 0.240 e. The van der Waals surface area contributed by atoms with Gasteiger partial charge in [0.25, 0.3) is 0 Å². The Balaban J connectivity index is 1.52. The Hall–Kier alpha value is -3.72. The second-order valence-electron chi connectivity index (χ2n) is 9.82. The molecule has 2 aliphatic heterocycles. The first-order chi connectivity index (χ1) is 16.4. The van der Waals surface area contributed by atoms with E-state index in [1.807, 2.05) is 17.9 Å². The minimum absolute atomic E-state index is 0.0263. The van der Waals surface area contributed by atoms with E-state index >= 15 is 0 Å². The SMILES string of the molecule is CC(C#N)C(=O)N1C[C@H](C)N(c2ncnc3c2C2(CCC2)CN3c2cc(C#N)ccn2)C[C@H]1C. The van der Waals surface area contributed by atoms with Gasteiger partial charge in [0.1, 0.15) is 29.7 Å². The summed E-state index contributed by atoms with van der Waals surface area (Å²) in [5.74, 6) is 1.77. The number of hydrogen-bond donors (Lipinski definition) is 0. The lowest BCUT2D eigenvalue weighted by Gasteiger charge is -2.47. The molecule has 1 aliphatic carbocycles. The van der Waals surface area contributed by atoms with Gasteiger partial charge in [0, 0.05) is 48.9 Å². The number of fused-ring (bicyclic) bond motifs is 2. The van der Waals surface area contributed by atoms with Gasteiger partial charge in [-0.3, -0.25) is 4.79 Å². The number of aromatic nitrogens is 3. The zero-order valence-corrected chi connectivity index (χ0v) is 19.8. The van der Waals surface area contributed by atoms with Crippen LogP contribution in [0.5, 0.6) is 0 Å². The Kier molecular flexibility index (Phi) is 5.36. The molecule has 9 heteroatoms. The molecular formula is C25H28N8O. The van der Waals surface area contributed by atoms with Crippen LogP contribution in [-0.4, -0.2) is 57.5 Å². The third kappa shape index (κ3) is 3.35. The van der Waals surface area contributed by atoms with Gasteiger partial charge in [0.2, 0.25) is 5.91 Å². The molecule has 3 aliphatic rings. The zero-order chi connectivity index (χ0) is 24.0. The second-order valence-corrected chi connectivity index (χ2v) is 9.82. The maximum absolute atomic E-state index is 12.7. The van der Waals surface area contributed by atoms with Crippen molar-refractivity contribution < 1.29 is 4.79 Å². The average molecular weight is 457 g/mol. The standard InChI is InChI=1S/C25H28N8O/c1-16(10-26)24(34)32-13-17(2)31(12-18(32)3)22-21-23(30-15-29-22)33(14-25(21)6-4-7-25)20-9-19(11-27)5-8-28-20/h5,8-9,15-18H,4,6-7,12-14H2,1-3H3/t16?,17-,18+/m0/s1. The molecule has 4 heterocycles. The maximum atomic E-state index is 12.7. The molecule has 1 amide bonds. The van der Waals surface area contributed by atoms with Crippen LogP contribution in [0, 0.1) is 28.6 Å². The summed E-state index contributed by atoms with van der Waals surface area (Å²) >= 11 is 0. The first-order valence-corrected chi connectivity index (χ1v) is 11.8. The number of hydrogen-bond acceptors (Lipinski definition) is 8. The highest BCUT2D eigenvalue weighted by molar-refractivity contribution is 5.82. The predicted octanol–water partition coefficient (Wildman–Crippen LogP) is 2.90. The highest BCUT2D eigenvalue weighted by Gasteiger charge is 2.52. The van der Waals surface area contributed by atoms with Crippen LogP contribution in [0.25, 0.3) is 0 Å². The zero-order valence-electron chi connectivity index (χ0n) is 19.8. The molecule has 2 aromatic rings. The van der Waals surface area contributed by atoms with E-state index in [0.717, 1.165) is 48.8 Å². The largest absolute Gasteiger partial charge is 0.350 e. The Labute approximate surface area is 199 Å². The van der Waals surface area contributed by atoms with Crippen LogP contribution in [-0.2, 0) is 10.2 Å². The first-order valence-electron chi connectivity index (χ1n) is 11.8. The fourth-order valence-corrected chi connectivity index (χ4v) is 5.59. The number of rotatable bonds is 3. The highest BCUT2D eigenvalue weighted by Crippen LogP contribution is 2.56. The van der Waals surface area contributed by atoms with Crippen molar-refractivity contribution in [3.05, 3.63) is 35.8 Å². The third-order valence-electron chi connectivity index (χ3n) is 7.62. The first kappa shape index (κ1) is 22.1. The van der Waals surface area contributed by atoms with E-state index in [9.17, 15) is 15.3 Å². The van der Waals surface area contributed by atoms with Crippen LogP contribution < -0.4 is 9.80 Å². The summed E-state index contributed by atoms with van der Waals surface area (Å²) in [4.78, 5) is 33.0. The van der Waals surface area contributed by atoms with Gasteiger partial charge >= 0.3 is 0 Å². The van der Waals surface area contributed by atoms with E-state index in [4.69, 9.17) is 9.97 Å². The number of piperazine rings is 1. The van der Waals surface area contributed by atoms with Gasteiger partial charge in [-0.05, 0) is 45.7 Å². The number of nitrogens with zero attached hydrogens (tertiary/aromatic N) is 8. The molecule has 5 rings (SSSR count). The van der Waals surface area contributed by atoms with Crippen molar-refractivity contribution in [1.29, 1.82) is 10.5 Å². The quantitative estimate of drug-likeness (QED) is 0.693. The predicted molar refractivity (Wildman–Crippen MR) is 126 cm³/mol. The highest BCUT2D eigenvalue weighted by atomic mass is 16.2. The molecule has 34 heavy (non-hydrogen) atoms. The molecule has 1 spiro atoms. The van der Waals surface area contributed by atoms with E-state index in [1.54, 1.807) is 25.5 Å². The second kappa shape index (κ2) is 8.25. The van der Waals surface area contributed by atoms with Crippen LogP contribution in [0.2, 0.25) is 0 Å².